The average Bonchev–Trinajstić information content (AvgIpc) is 3.02. The highest BCUT2D eigenvalue weighted by Crippen LogP contribution is 2.30. The zero-order valence-corrected chi connectivity index (χ0v) is 28.3. The summed E-state index contributed by atoms with van der Waals surface area (Å²) in [6, 6.07) is 17.2. The summed E-state index contributed by atoms with van der Waals surface area (Å²) in [5, 5.41) is 3.83. The monoisotopic (exact) mass is 673 g/mol. The zero-order valence-electron chi connectivity index (χ0n) is 26.0. The number of anilines is 1. The van der Waals surface area contributed by atoms with Gasteiger partial charge in [-0.25, -0.2) is 8.42 Å². The van der Waals surface area contributed by atoms with Crippen LogP contribution in [0.1, 0.15) is 63.5 Å². The van der Waals surface area contributed by atoms with Crippen LogP contribution >= 0.6 is 23.2 Å². The summed E-state index contributed by atoms with van der Waals surface area (Å²) < 4.78 is 34.9. The first-order chi connectivity index (χ1) is 21.5. The number of hydrogen-bond donors (Lipinski definition) is 1. The maximum absolute atomic E-state index is 14.4. The fourth-order valence-electron chi connectivity index (χ4n) is 5.56. The van der Waals surface area contributed by atoms with E-state index in [1.165, 1.54) is 17.0 Å². The number of aryl methyl sites for hydroxylation is 1. The summed E-state index contributed by atoms with van der Waals surface area (Å²) in [5.41, 5.74) is 1.66. The van der Waals surface area contributed by atoms with Gasteiger partial charge in [0.05, 0.1) is 17.2 Å². The number of amides is 2. The third-order valence-corrected chi connectivity index (χ3v) is 10.5. The van der Waals surface area contributed by atoms with Crippen LogP contribution in [0, 0.1) is 6.92 Å². The minimum absolute atomic E-state index is 0.0309. The van der Waals surface area contributed by atoms with Gasteiger partial charge in [0.15, 0.2) is 0 Å². The molecular formula is C34H41Cl2N3O5S. The largest absolute Gasteiger partial charge is 0.494 e. The molecule has 1 aliphatic rings. The highest BCUT2D eigenvalue weighted by molar-refractivity contribution is 7.92. The molecule has 0 unspecified atom stereocenters. The molecule has 8 nitrogen and oxygen atoms in total. The number of benzene rings is 3. The third kappa shape index (κ3) is 8.71. The van der Waals surface area contributed by atoms with Gasteiger partial charge in [-0.1, -0.05) is 73.2 Å². The molecule has 4 rings (SSSR count). The second-order valence-corrected chi connectivity index (χ2v) is 13.9. The Bertz CT molecular complexity index is 1540. The zero-order chi connectivity index (χ0) is 32.6. The highest BCUT2D eigenvalue weighted by atomic mass is 35.5. The van der Waals surface area contributed by atoms with Crippen molar-refractivity contribution in [2.75, 3.05) is 17.5 Å². The van der Waals surface area contributed by atoms with Crippen molar-refractivity contribution in [1.82, 2.24) is 10.2 Å². The number of halogens is 2. The molecule has 0 aromatic heterocycles. The summed E-state index contributed by atoms with van der Waals surface area (Å²) in [6.07, 6.45) is 5.27. The van der Waals surface area contributed by atoms with Crippen molar-refractivity contribution >= 4 is 50.7 Å². The van der Waals surface area contributed by atoms with Crippen LogP contribution in [0.25, 0.3) is 0 Å². The quantitative estimate of drug-likeness (QED) is 0.208. The van der Waals surface area contributed by atoms with Gasteiger partial charge in [-0.3, -0.25) is 13.9 Å². The first-order valence-corrected chi connectivity index (χ1v) is 17.6. The van der Waals surface area contributed by atoms with E-state index in [0.29, 0.717) is 34.4 Å². The van der Waals surface area contributed by atoms with Gasteiger partial charge in [0, 0.05) is 28.2 Å². The van der Waals surface area contributed by atoms with Gasteiger partial charge >= 0.3 is 0 Å². The Balaban J connectivity index is 1.74. The Labute approximate surface area is 276 Å². The summed E-state index contributed by atoms with van der Waals surface area (Å²) in [4.78, 5) is 29.6. The Morgan fingerprint density at radius 2 is 1.56 bits per heavy atom. The fraction of sp³-hybridized carbons (Fsp3) is 0.412. The number of carbonyl (C=O) groups is 2. The van der Waals surface area contributed by atoms with E-state index in [1.807, 2.05) is 20.8 Å². The van der Waals surface area contributed by atoms with Gasteiger partial charge in [0.2, 0.25) is 11.8 Å². The summed E-state index contributed by atoms with van der Waals surface area (Å²) in [5.74, 6) is -0.281. The molecule has 2 amide bonds. The Morgan fingerprint density at radius 3 is 2.13 bits per heavy atom. The van der Waals surface area contributed by atoms with Crippen LogP contribution in [-0.4, -0.2) is 50.4 Å². The lowest BCUT2D eigenvalue weighted by atomic mass is 9.95. The first-order valence-electron chi connectivity index (χ1n) is 15.4. The number of nitrogens with one attached hydrogen (secondary N) is 1. The number of carbonyl (C=O) groups excluding carboxylic acids is 2. The van der Waals surface area contributed by atoms with Crippen LogP contribution in [0.3, 0.4) is 0 Å². The topological polar surface area (TPSA) is 96.0 Å². The molecule has 0 saturated heterocycles. The molecule has 1 atom stereocenters. The van der Waals surface area contributed by atoms with Crippen LogP contribution in [0.4, 0.5) is 5.69 Å². The Kier molecular flexibility index (Phi) is 12.2. The Hall–Kier alpha value is -3.27. The number of hydrogen-bond acceptors (Lipinski definition) is 5. The van der Waals surface area contributed by atoms with Crippen molar-refractivity contribution in [2.24, 2.45) is 0 Å². The molecule has 3 aromatic rings. The maximum atomic E-state index is 14.4. The van der Waals surface area contributed by atoms with Gasteiger partial charge in [0.25, 0.3) is 10.0 Å². The normalized spacial score (nSPS) is 14.4. The van der Waals surface area contributed by atoms with E-state index in [1.54, 1.807) is 54.6 Å². The molecule has 45 heavy (non-hydrogen) atoms. The van der Waals surface area contributed by atoms with Crippen molar-refractivity contribution in [1.29, 1.82) is 0 Å². The van der Waals surface area contributed by atoms with Crippen LogP contribution in [0.15, 0.2) is 71.6 Å². The van der Waals surface area contributed by atoms with E-state index in [-0.39, 0.29) is 29.1 Å². The lowest BCUT2D eigenvalue weighted by Crippen LogP contribution is -2.54. The van der Waals surface area contributed by atoms with Crippen LogP contribution < -0.4 is 14.4 Å². The first kappa shape index (κ1) is 34.6. The molecule has 0 spiro atoms. The van der Waals surface area contributed by atoms with Crippen LogP contribution in [-0.2, 0) is 26.2 Å². The fourth-order valence-corrected chi connectivity index (χ4v) is 7.49. The molecule has 0 heterocycles. The van der Waals surface area contributed by atoms with Gasteiger partial charge < -0.3 is 15.0 Å². The van der Waals surface area contributed by atoms with Crippen molar-refractivity contribution in [3.05, 3.63) is 87.9 Å². The molecule has 1 aliphatic carbocycles. The molecule has 242 valence electrons. The average molecular weight is 675 g/mol. The molecule has 1 saturated carbocycles. The molecule has 0 aliphatic heterocycles. The number of ether oxygens (including phenoxy) is 1. The summed E-state index contributed by atoms with van der Waals surface area (Å²) in [7, 11) is -4.20. The Morgan fingerprint density at radius 1 is 0.933 bits per heavy atom. The van der Waals surface area contributed by atoms with E-state index in [9.17, 15) is 18.0 Å². The molecule has 3 aromatic carbocycles. The molecule has 1 N–H and O–H groups in total. The predicted molar refractivity (Wildman–Crippen MR) is 179 cm³/mol. The van der Waals surface area contributed by atoms with E-state index >= 15 is 0 Å². The third-order valence-electron chi connectivity index (χ3n) is 8.05. The van der Waals surface area contributed by atoms with Gasteiger partial charge in [0.1, 0.15) is 18.3 Å². The standard InChI is InChI=1S/C34H41Cl2N3O5S/c1-4-32(34(41)37-25-10-7-6-8-11-25)38(22-29-30(35)12-9-13-31(29)36)33(40)23-39(26-16-18-27(19-17-26)44-5-2)45(42,43)28-20-14-24(3)15-21-28/h9,12-21,25,32H,4-8,10-11,22-23H2,1-3H3,(H,37,41)/t32-/m1/s1. The van der Waals surface area contributed by atoms with Crippen molar-refractivity contribution in [2.45, 2.75) is 82.8 Å². The molecule has 0 bridgehead atoms. The van der Waals surface area contributed by atoms with E-state index < -0.39 is 28.5 Å². The maximum Gasteiger partial charge on any atom is 0.264 e. The van der Waals surface area contributed by atoms with Crippen molar-refractivity contribution in [3.63, 3.8) is 0 Å². The SMILES string of the molecule is CCOc1ccc(N(CC(=O)N(Cc2c(Cl)cccc2Cl)[C@H](CC)C(=O)NC2CCCCC2)S(=O)(=O)c2ccc(C)cc2)cc1. The van der Waals surface area contributed by atoms with Gasteiger partial charge in [-0.05, 0) is 81.6 Å². The van der Waals surface area contributed by atoms with E-state index in [4.69, 9.17) is 27.9 Å². The van der Waals surface area contributed by atoms with E-state index in [0.717, 1.165) is 42.0 Å². The summed E-state index contributed by atoms with van der Waals surface area (Å²) in [6.45, 7) is 5.37. The lowest BCUT2D eigenvalue weighted by Gasteiger charge is -2.34. The van der Waals surface area contributed by atoms with Gasteiger partial charge in [-0.2, -0.15) is 0 Å². The van der Waals surface area contributed by atoms with Crippen LogP contribution in [0.5, 0.6) is 5.75 Å². The van der Waals surface area contributed by atoms with Crippen LogP contribution in [0.2, 0.25) is 10.0 Å². The molecule has 11 heteroatoms. The minimum atomic E-state index is -4.20. The molecule has 1 fully saturated rings. The van der Waals surface area contributed by atoms with E-state index in [2.05, 4.69) is 5.32 Å². The second kappa shape index (κ2) is 15.8. The van der Waals surface area contributed by atoms with Crippen molar-refractivity contribution < 1.29 is 22.7 Å². The molecular weight excluding hydrogens is 633 g/mol. The predicted octanol–water partition coefficient (Wildman–Crippen LogP) is 7.15. The highest BCUT2D eigenvalue weighted by Gasteiger charge is 2.35. The second-order valence-electron chi connectivity index (χ2n) is 11.2. The minimum Gasteiger partial charge on any atom is -0.494 e. The number of rotatable bonds is 13. The number of sulfonamides is 1. The molecule has 0 radical (unpaired) electrons. The summed E-state index contributed by atoms with van der Waals surface area (Å²) >= 11 is 13.1. The lowest BCUT2D eigenvalue weighted by molar-refractivity contribution is -0.140. The number of nitrogens with zero attached hydrogens (tertiary/aromatic N) is 2. The van der Waals surface area contributed by atoms with Crippen molar-refractivity contribution in [3.8, 4) is 5.75 Å². The van der Waals surface area contributed by atoms with Gasteiger partial charge in [-0.15, -0.1) is 0 Å². The smallest absolute Gasteiger partial charge is 0.264 e.